The summed E-state index contributed by atoms with van der Waals surface area (Å²) >= 11 is 1.90. The van der Waals surface area contributed by atoms with Crippen LogP contribution in [0.25, 0.3) is 86.3 Å². The molecule has 0 N–H and O–H groups in total. The van der Waals surface area contributed by atoms with Gasteiger partial charge in [0.15, 0.2) is 0 Å². The van der Waals surface area contributed by atoms with Crippen LogP contribution in [0.5, 0.6) is 0 Å². The zero-order valence-electron chi connectivity index (χ0n) is 24.3. The second-order valence-electron chi connectivity index (χ2n) is 11.8. The van der Waals surface area contributed by atoms with Gasteiger partial charge in [-0.1, -0.05) is 109 Å². The first-order valence-electron chi connectivity index (χ1n) is 15.4. The molecule has 0 saturated carbocycles. The highest BCUT2D eigenvalue weighted by Crippen LogP contribution is 2.44. The molecule has 210 valence electrons. The number of hydrogen-bond acceptors (Lipinski definition) is 1. The van der Waals surface area contributed by atoms with E-state index in [4.69, 9.17) is 0 Å². The lowest BCUT2D eigenvalue weighted by molar-refractivity contribution is 1.15. The minimum atomic E-state index is 1.16. The second kappa shape index (κ2) is 9.43. The van der Waals surface area contributed by atoms with E-state index in [1.54, 1.807) is 0 Å². The standard InChI is InChI=1S/C42H26N2S/c1-3-11-27(12-4-1)28-19-21-35-38(25-28)44(37-24-23-34-33-16-8-10-18-40(33)45-42(34)41(35)37)30-20-22-32-31-15-7-9-17-36(31)43(39(32)26-30)29-13-5-2-6-14-29/h1-26H. The average molecular weight is 591 g/mol. The van der Waals surface area contributed by atoms with Crippen molar-refractivity contribution in [2.45, 2.75) is 0 Å². The van der Waals surface area contributed by atoms with Gasteiger partial charge in [-0.15, -0.1) is 11.3 Å². The van der Waals surface area contributed by atoms with Crippen molar-refractivity contribution in [3.05, 3.63) is 158 Å². The van der Waals surface area contributed by atoms with Crippen molar-refractivity contribution in [3.8, 4) is 22.5 Å². The van der Waals surface area contributed by atoms with Crippen LogP contribution < -0.4 is 0 Å². The van der Waals surface area contributed by atoms with E-state index in [0.29, 0.717) is 0 Å². The van der Waals surface area contributed by atoms with Crippen molar-refractivity contribution in [1.29, 1.82) is 0 Å². The number of fused-ring (bicyclic) bond motifs is 10. The predicted octanol–water partition coefficient (Wildman–Crippen LogP) is 11.9. The first-order valence-corrected chi connectivity index (χ1v) is 16.2. The lowest BCUT2D eigenvalue weighted by Crippen LogP contribution is -1.97. The Balaban J connectivity index is 1.34. The molecule has 3 aromatic heterocycles. The maximum absolute atomic E-state index is 2.48. The van der Waals surface area contributed by atoms with Gasteiger partial charge in [-0.3, -0.25) is 0 Å². The van der Waals surface area contributed by atoms with Gasteiger partial charge >= 0.3 is 0 Å². The molecule has 3 heterocycles. The van der Waals surface area contributed by atoms with Gasteiger partial charge in [0, 0.05) is 53.1 Å². The van der Waals surface area contributed by atoms with E-state index in [1.807, 2.05) is 11.3 Å². The van der Waals surface area contributed by atoms with Crippen LogP contribution in [0.3, 0.4) is 0 Å². The summed E-state index contributed by atoms with van der Waals surface area (Å²) in [4.78, 5) is 0. The molecule has 0 spiro atoms. The summed E-state index contributed by atoms with van der Waals surface area (Å²) in [6.07, 6.45) is 0. The van der Waals surface area contributed by atoms with E-state index in [0.717, 1.165) is 5.69 Å². The Morgan fingerprint density at radius 3 is 1.87 bits per heavy atom. The zero-order chi connectivity index (χ0) is 29.5. The van der Waals surface area contributed by atoms with Gasteiger partial charge in [0.1, 0.15) is 0 Å². The van der Waals surface area contributed by atoms with Gasteiger partial charge in [0.05, 0.1) is 22.1 Å². The van der Waals surface area contributed by atoms with Crippen LogP contribution in [0, 0.1) is 0 Å². The maximum Gasteiger partial charge on any atom is 0.0561 e. The number of benzene rings is 7. The van der Waals surface area contributed by atoms with Crippen LogP contribution in [0.1, 0.15) is 0 Å². The molecular formula is C42H26N2S. The fraction of sp³-hybridized carbons (Fsp3) is 0. The molecule has 10 aromatic rings. The summed E-state index contributed by atoms with van der Waals surface area (Å²) in [5.74, 6) is 0. The Bertz CT molecular complexity index is 2740. The first-order chi connectivity index (χ1) is 22.3. The maximum atomic E-state index is 2.48. The van der Waals surface area contributed by atoms with Crippen LogP contribution in [-0.4, -0.2) is 9.13 Å². The van der Waals surface area contributed by atoms with E-state index in [-0.39, 0.29) is 0 Å². The van der Waals surface area contributed by atoms with Crippen molar-refractivity contribution >= 4 is 75.1 Å². The highest BCUT2D eigenvalue weighted by Gasteiger charge is 2.20. The molecule has 10 rings (SSSR count). The van der Waals surface area contributed by atoms with Crippen molar-refractivity contribution < 1.29 is 0 Å². The summed E-state index contributed by atoms with van der Waals surface area (Å²) in [7, 11) is 0. The zero-order valence-corrected chi connectivity index (χ0v) is 25.1. The lowest BCUT2D eigenvalue weighted by Gasteiger charge is -2.12. The fourth-order valence-electron chi connectivity index (χ4n) is 7.32. The van der Waals surface area contributed by atoms with Crippen LogP contribution in [-0.2, 0) is 0 Å². The van der Waals surface area contributed by atoms with Gasteiger partial charge < -0.3 is 9.13 Å². The van der Waals surface area contributed by atoms with Crippen LogP contribution in [0.4, 0.5) is 0 Å². The third-order valence-electron chi connectivity index (χ3n) is 9.31. The Morgan fingerprint density at radius 2 is 1.00 bits per heavy atom. The molecule has 0 unspecified atom stereocenters. The highest BCUT2D eigenvalue weighted by atomic mass is 32.1. The number of aromatic nitrogens is 2. The number of thiophene rings is 1. The molecular weight excluding hydrogens is 565 g/mol. The van der Waals surface area contributed by atoms with Crippen LogP contribution in [0.2, 0.25) is 0 Å². The van der Waals surface area contributed by atoms with Gasteiger partial charge in [-0.25, -0.2) is 0 Å². The van der Waals surface area contributed by atoms with E-state index in [9.17, 15) is 0 Å². The molecule has 0 saturated heterocycles. The molecule has 0 bridgehead atoms. The average Bonchev–Trinajstić information content (AvgIpc) is 3.76. The van der Waals surface area contributed by atoms with E-state index < -0.39 is 0 Å². The quantitative estimate of drug-likeness (QED) is 0.194. The van der Waals surface area contributed by atoms with Gasteiger partial charge in [0.25, 0.3) is 0 Å². The summed E-state index contributed by atoms with van der Waals surface area (Å²) < 4.78 is 7.56. The molecule has 0 radical (unpaired) electrons. The molecule has 45 heavy (non-hydrogen) atoms. The van der Waals surface area contributed by atoms with Crippen molar-refractivity contribution in [2.24, 2.45) is 0 Å². The minimum Gasteiger partial charge on any atom is -0.309 e. The summed E-state index contributed by atoms with van der Waals surface area (Å²) in [5, 5.41) is 7.79. The van der Waals surface area contributed by atoms with Crippen LogP contribution in [0.15, 0.2) is 158 Å². The van der Waals surface area contributed by atoms with Gasteiger partial charge in [-0.2, -0.15) is 0 Å². The number of hydrogen-bond donors (Lipinski definition) is 0. The minimum absolute atomic E-state index is 1.16. The van der Waals surface area contributed by atoms with Crippen molar-refractivity contribution in [3.63, 3.8) is 0 Å². The summed E-state index contributed by atoms with van der Waals surface area (Å²) in [5.41, 5.74) is 9.65. The van der Waals surface area contributed by atoms with E-state index in [1.165, 1.54) is 80.6 Å². The molecule has 0 atom stereocenters. The van der Waals surface area contributed by atoms with E-state index >= 15 is 0 Å². The largest absolute Gasteiger partial charge is 0.309 e. The van der Waals surface area contributed by atoms with Crippen LogP contribution >= 0.6 is 11.3 Å². The number of rotatable bonds is 3. The summed E-state index contributed by atoms with van der Waals surface area (Å²) in [6.45, 7) is 0. The molecule has 0 aliphatic rings. The van der Waals surface area contributed by atoms with Crippen molar-refractivity contribution in [2.75, 3.05) is 0 Å². The van der Waals surface area contributed by atoms with Gasteiger partial charge in [0.2, 0.25) is 0 Å². The normalized spacial score (nSPS) is 12.0. The Hall–Kier alpha value is -5.64. The lowest BCUT2D eigenvalue weighted by atomic mass is 10.0. The molecule has 0 aliphatic carbocycles. The number of para-hydroxylation sites is 2. The topological polar surface area (TPSA) is 9.86 Å². The molecule has 0 amide bonds. The molecule has 3 heteroatoms. The first kappa shape index (κ1) is 24.8. The highest BCUT2D eigenvalue weighted by molar-refractivity contribution is 7.26. The third-order valence-corrected chi connectivity index (χ3v) is 10.5. The SMILES string of the molecule is c1ccc(-c2ccc3c4c5sc6ccccc6c5ccc4n(-c4ccc5c6ccccc6n(-c6ccccc6)c5c4)c3c2)cc1. The second-order valence-corrected chi connectivity index (χ2v) is 12.8. The molecule has 0 fully saturated rings. The Morgan fingerprint density at radius 1 is 0.356 bits per heavy atom. The molecule has 2 nitrogen and oxygen atoms in total. The smallest absolute Gasteiger partial charge is 0.0561 e. The number of nitrogens with zero attached hydrogens (tertiary/aromatic N) is 2. The fourth-order valence-corrected chi connectivity index (χ4v) is 8.58. The third kappa shape index (κ3) is 3.56. The van der Waals surface area contributed by atoms with E-state index in [2.05, 4.69) is 167 Å². The van der Waals surface area contributed by atoms with Gasteiger partial charge in [-0.05, 0) is 59.7 Å². The monoisotopic (exact) mass is 590 g/mol. The summed E-state index contributed by atoms with van der Waals surface area (Å²) in [6, 6.07) is 57.6. The predicted molar refractivity (Wildman–Crippen MR) is 193 cm³/mol. The van der Waals surface area contributed by atoms with Crippen molar-refractivity contribution in [1.82, 2.24) is 9.13 Å². The molecule has 7 aromatic carbocycles. The molecule has 0 aliphatic heterocycles. The Labute approximate surface area is 263 Å². The Kier molecular flexibility index (Phi) is 5.19.